The number of carbonyl (C=O) groups excluding carboxylic acids is 2. The standard InChI is InChI=1S/C26H25N3O2/c1-17(27-25(30)15-19-9-6-8-18-7-2-3-10-20(18)19)26(31)29-14-13-24-22(16-29)21-11-4-5-12-23(21)28-24/h2-12,17,28H,13-16H2,1H3,(H,27,30)/t17-/m1/s1. The average molecular weight is 412 g/mol. The van der Waals surface area contributed by atoms with E-state index in [4.69, 9.17) is 0 Å². The highest BCUT2D eigenvalue weighted by atomic mass is 16.2. The van der Waals surface area contributed by atoms with Crippen LogP contribution < -0.4 is 5.32 Å². The zero-order valence-corrected chi connectivity index (χ0v) is 17.5. The topological polar surface area (TPSA) is 65.2 Å². The molecule has 0 saturated carbocycles. The summed E-state index contributed by atoms with van der Waals surface area (Å²) in [5, 5.41) is 6.26. The molecule has 1 aliphatic heterocycles. The molecular formula is C26H25N3O2. The molecule has 5 heteroatoms. The molecule has 156 valence electrons. The first-order chi connectivity index (χ1) is 15.1. The lowest BCUT2D eigenvalue weighted by Crippen LogP contribution is -2.48. The summed E-state index contributed by atoms with van der Waals surface area (Å²) in [4.78, 5) is 31.1. The Balaban J connectivity index is 1.26. The molecule has 0 saturated heterocycles. The van der Waals surface area contributed by atoms with E-state index in [9.17, 15) is 9.59 Å². The molecule has 4 aromatic rings. The van der Waals surface area contributed by atoms with Gasteiger partial charge in [-0.25, -0.2) is 0 Å². The number of amides is 2. The number of aromatic nitrogens is 1. The third kappa shape index (κ3) is 3.67. The number of para-hydroxylation sites is 1. The summed E-state index contributed by atoms with van der Waals surface area (Å²) in [5.74, 6) is -0.177. The third-order valence-electron chi connectivity index (χ3n) is 6.17. The molecule has 0 radical (unpaired) electrons. The fourth-order valence-corrected chi connectivity index (χ4v) is 4.60. The molecule has 0 spiro atoms. The van der Waals surface area contributed by atoms with Crippen molar-refractivity contribution in [3.05, 3.63) is 83.6 Å². The van der Waals surface area contributed by atoms with Gasteiger partial charge in [-0.1, -0.05) is 60.7 Å². The van der Waals surface area contributed by atoms with Crippen LogP contribution in [0.2, 0.25) is 0 Å². The Morgan fingerprint density at radius 2 is 1.74 bits per heavy atom. The summed E-state index contributed by atoms with van der Waals surface area (Å²) >= 11 is 0. The first-order valence-electron chi connectivity index (χ1n) is 10.7. The number of benzene rings is 3. The van der Waals surface area contributed by atoms with Gasteiger partial charge in [0, 0.05) is 41.7 Å². The molecule has 1 atom stereocenters. The number of carbonyl (C=O) groups is 2. The largest absolute Gasteiger partial charge is 0.358 e. The fourth-order valence-electron chi connectivity index (χ4n) is 4.60. The number of nitrogens with one attached hydrogen (secondary N) is 2. The van der Waals surface area contributed by atoms with Crippen LogP contribution in [0.5, 0.6) is 0 Å². The normalized spacial score (nSPS) is 14.4. The molecule has 5 nitrogen and oxygen atoms in total. The molecular weight excluding hydrogens is 386 g/mol. The average Bonchev–Trinajstić information content (AvgIpc) is 3.16. The van der Waals surface area contributed by atoms with Gasteiger partial charge in [0.05, 0.1) is 6.42 Å². The predicted molar refractivity (Wildman–Crippen MR) is 123 cm³/mol. The lowest BCUT2D eigenvalue weighted by atomic mass is 10.0. The molecule has 0 bridgehead atoms. The number of nitrogens with zero attached hydrogens (tertiary/aromatic N) is 1. The molecule has 2 N–H and O–H groups in total. The van der Waals surface area contributed by atoms with E-state index in [0.717, 1.165) is 28.3 Å². The van der Waals surface area contributed by atoms with Crippen molar-refractivity contribution in [2.45, 2.75) is 32.4 Å². The van der Waals surface area contributed by atoms with Gasteiger partial charge in [-0.2, -0.15) is 0 Å². The third-order valence-corrected chi connectivity index (χ3v) is 6.17. The monoisotopic (exact) mass is 411 g/mol. The number of hydrogen-bond acceptors (Lipinski definition) is 2. The van der Waals surface area contributed by atoms with E-state index in [1.807, 2.05) is 59.5 Å². The number of H-pyrrole nitrogens is 1. The summed E-state index contributed by atoms with van der Waals surface area (Å²) in [6, 6.07) is 21.6. The highest BCUT2D eigenvalue weighted by Crippen LogP contribution is 2.27. The van der Waals surface area contributed by atoms with Crippen molar-refractivity contribution in [2.75, 3.05) is 6.54 Å². The Bertz CT molecular complexity index is 1290. The van der Waals surface area contributed by atoms with Gasteiger partial charge in [-0.05, 0) is 29.3 Å². The second kappa shape index (κ2) is 7.91. The van der Waals surface area contributed by atoms with E-state index in [0.29, 0.717) is 13.1 Å². The number of aromatic amines is 1. The van der Waals surface area contributed by atoms with E-state index in [1.165, 1.54) is 16.6 Å². The molecule has 0 unspecified atom stereocenters. The van der Waals surface area contributed by atoms with Crippen molar-refractivity contribution < 1.29 is 9.59 Å². The maximum Gasteiger partial charge on any atom is 0.245 e. The van der Waals surface area contributed by atoms with Crippen LogP contribution in [0, 0.1) is 0 Å². The molecule has 3 aromatic carbocycles. The summed E-state index contributed by atoms with van der Waals surface area (Å²) in [6.45, 7) is 3.00. The van der Waals surface area contributed by atoms with Gasteiger partial charge in [-0.3, -0.25) is 9.59 Å². The van der Waals surface area contributed by atoms with E-state index < -0.39 is 6.04 Å². The number of fused-ring (bicyclic) bond motifs is 4. The lowest BCUT2D eigenvalue weighted by molar-refractivity contribution is -0.136. The summed E-state index contributed by atoms with van der Waals surface area (Å²) < 4.78 is 0. The number of rotatable bonds is 4. The van der Waals surface area contributed by atoms with Crippen molar-refractivity contribution in [3.63, 3.8) is 0 Å². The molecule has 2 heterocycles. The molecule has 1 aliphatic rings. The molecule has 0 fully saturated rings. The maximum atomic E-state index is 13.1. The first-order valence-corrected chi connectivity index (χ1v) is 10.7. The van der Waals surface area contributed by atoms with E-state index in [2.05, 4.69) is 22.4 Å². The van der Waals surface area contributed by atoms with Crippen LogP contribution in [0.1, 0.15) is 23.7 Å². The van der Waals surface area contributed by atoms with Crippen molar-refractivity contribution >= 4 is 33.5 Å². The minimum Gasteiger partial charge on any atom is -0.358 e. The Morgan fingerprint density at radius 1 is 1.00 bits per heavy atom. The summed E-state index contributed by atoms with van der Waals surface area (Å²) in [7, 11) is 0. The second-order valence-electron chi connectivity index (χ2n) is 8.24. The van der Waals surface area contributed by atoms with Crippen molar-refractivity contribution in [1.29, 1.82) is 0 Å². The molecule has 5 rings (SSSR count). The Kier molecular flexibility index (Phi) is 4.94. The van der Waals surface area contributed by atoms with Crippen LogP contribution in [-0.2, 0) is 29.0 Å². The maximum absolute atomic E-state index is 13.1. The SMILES string of the molecule is C[C@@H](NC(=O)Cc1cccc2ccccc12)C(=O)N1CCc2[nH]c3ccccc3c2C1. The van der Waals surface area contributed by atoms with Crippen LogP contribution in [0.3, 0.4) is 0 Å². The van der Waals surface area contributed by atoms with Crippen LogP contribution in [0.4, 0.5) is 0 Å². The van der Waals surface area contributed by atoms with Gasteiger partial charge in [0.2, 0.25) is 11.8 Å². The van der Waals surface area contributed by atoms with Crippen LogP contribution in [0.25, 0.3) is 21.7 Å². The van der Waals surface area contributed by atoms with E-state index >= 15 is 0 Å². The van der Waals surface area contributed by atoms with Gasteiger partial charge in [0.1, 0.15) is 6.04 Å². The van der Waals surface area contributed by atoms with Crippen molar-refractivity contribution in [1.82, 2.24) is 15.2 Å². The van der Waals surface area contributed by atoms with Crippen LogP contribution >= 0.6 is 0 Å². The zero-order chi connectivity index (χ0) is 21.4. The van der Waals surface area contributed by atoms with Gasteiger partial charge >= 0.3 is 0 Å². The van der Waals surface area contributed by atoms with Gasteiger partial charge in [0.25, 0.3) is 0 Å². The minimum atomic E-state index is -0.561. The van der Waals surface area contributed by atoms with Crippen molar-refractivity contribution in [2.24, 2.45) is 0 Å². The molecule has 2 amide bonds. The van der Waals surface area contributed by atoms with E-state index in [1.54, 1.807) is 6.92 Å². The predicted octanol–water partition coefficient (Wildman–Crippen LogP) is 3.95. The van der Waals surface area contributed by atoms with Gasteiger partial charge in [0.15, 0.2) is 0 Å². The zero-order valence-electron chi connectivity index (χ0n) is 17.5. The van der Waals surface area contributed by atoms with Crippen molar-refractivity contribution in [3.8, 4) is 0 Å². The quantitative estimate of drug-likeness (QED) is 0.534. The van der Waals surface area contributed by atoms with Gasteiger partial charge in [-0.15, -0.1) is 0 Å². The summed E-state index contributed by atoms with van der Waals surface area (Å²) in [6.07, 6.45) is 1.05. The number of hydrogen-bond donors (Lipinski definition) is 2. The Morgan fingerprint density at radius 3 is 2.61 bits per heavy atom. The van der Waals surface area contributed by atoms with Crippen LogP contribution in [0.15, 0.2) is 66.7 Å². The summed E-state index contributed by atoms with van der Waals surface area (Å²) in [5.41, 5.74) is 4.47. The van der Waals surface area contributed by atoms with E-state index in [-0.39, 0.29) is 18.2 Å². The van der Waals surface area contributed by atoms with Gasteiger partial charge < -0.3 is 15.2 Å². The Labute approximate surface area is 181 Å². The lowest BCUT2D eigenvalue weighted by Gasteiger charge is -2.30. The highest BCUT2D eigenvalue weighted by Gasteiger charge is 2.27. The second-order valence-corrected chi connectivity index (χ2v) is 8.24. The molecule has 31 heavy (non-hydrogen) atoms. The molecule has 0 aliphatic carbocycles. The minimum absolute atomic E-state index is 0.0396. The first kappa shape index (κ1) is 19.4. The van der Waals surface area contributed by atoms with Crippen LogP contribution in [-0.4, -0.2) is 34.3 Å². The highest BCUT2D eigenvalue weighted by molar-refractivity contribution is 5.93. The fraction of sp³-hybridized carbons (Fsp3) is 0.231. The smallest absolute Gasteiger partial charge is 0.245 e. The molecule has 1 aromatic heterocycles. The Hall–Kier alpha value is -3.60.